The highest BCUT2D eigenvalue weighted by molar-refractivity contribution is 5.87. The third-order valence-corrected chi connectivity index (χ3v) is 3.82. The maximum Gasteiger partial charge on any atom is 0.430 e. The van der Waals surface area contributed by atoms with Gasteiger partial charge in [0.15, 0.2) is 0 Å². The summed E-state index contributed by atoms with van der Waals surface area (Å²) >= 11 is 0. The van der Waals surface area contributed by atoms with E-state index in [1.165, 1.54) is 18.2 Å². The molecule has 0 aliphatic heterocycles. The number of halogens is 6. The molecule has 28 heavy (non-hydrogen) atoms. The Morgan fingerprint density at radius 1 is 1.11 bits per heavy atom. The van der Waals surface area contributed by atoms with E-state index < -0.39 is 41.5 Å². The molecule has 11 heteroatoms. The largest absolute Gasteiger partial charge is 0.481 e. The summed E-state index contributed by atoms with van der Waals surface area (Å²) in [6.45, 7) is -0.788. The lowest BCUT2D eigenvalue weighted by molar-refractivity contribution is -0.257. The fraction of sp³-hybridized carbons (Fsp3) is 0.294. The number of amides is 1. The van der Waals surface area contributed by atoms with Crippen molar-refractivity contribution in [3.8, 4) is 5.88 Å². The SMILES string of the molecule is COc1ncc(C(F)(F)F)cc1CNC(=O)[C@](O)(c1ccccc1)C(F)(F)F. The molecule has 0 spiro atoms. The summed E-state index contributed by atoms with van der Waals surface area (Å²) in [5.74, 6) is -2.17. The van der Waals surface area contributed by atoms with Gasteiger partial charge in [0.05, 0.1) is 12.7 Å². The minimum Gasteiger partial charge on any atom is -0.481 e. The van der Waals surface area contributed by atoms with Crippen LogP contribution in [0.25, 0.3) is 0 Å². The van der Waals surface area contributed by atoms with E-state index in [1.807, 2.05) is 0 Å². The van der Waals surface area contributed by atoms with Crippen molar-refractivity contribution < 1.29 is 41.0 Å². The van der Waals surface area contributed by atoms with Crippen LogP contribution in [0.2, 0.25) is 0 Å². The Hall–Kier alpha value is -2.82. The van der Waals surface area contributed by atoms with Gasteiger partial charge in [-0.15, -0.1) is 0 Å². The van der Waals surface area contributed by atoms with Gasteiger partial charge in [0.25, 0.3) is 11.5 Å². The monoisotopic (exact) mass is 408 g/mol. The fourth-order valence-corrected chi connectivity index (χ4v) is 2.37. The molecule has 2 N–H and O–H groups in total. The van der Waals surface area contributed by atoms with E-state index in [-0.39, 0.29) is 11.4 Å². The first-order chi connectivity index (χ1) is 12.9. The number of nitrogens with one attached hydrogen (secondary N) is 1. The zero-order chi connectivity index (χ0) is 21.2. The van der Waals surface area contributed by atoms with Crippen LogP contribution in [0.3, 0.4) is 0 Å². The van der Waals surface area contributed by atoms with Crippen LogP contribution in [0.4, 0.5) is 26.3 Å². The molecule has 1 aromatic carbocycles. The molecule has 0 saturated heterocycles. The minimum absolute atomic E-state index is 0.316. The second-order valence-electron chi connectivity index (χ2n) is 5.65. The molecule has 0 unspecified atom stereocenters. The predicted octanol–water partition coefficient (Wildman–Crippen LogP) is 3.18. The molecule has 152 valence electrons. The van der Waals surface area contributed by atoms with Gasteiger partial charge in [-0.25, -0.2) is 4.98 Å². The van der Waals surface area contributed by atoms with Crippen LogP contribution in [0, 0.1) is 0 Å². The summed E-state index contributed by atoms with van der Waals surface area (Å²) < 4.78 is 83.5. The Morgan fingerprint density at radius 3 is 2.21 bits per heavy atom. The molecule has 2 rings (SSSR count). The number of ether oxygens (including phenoxy) is 1. The summed E-state index contributed by atoms with van der Waals surface area (Å²) in [7, 11) is 1.09. The standard InChI is InChI=1S/C17H14F6N2O3/c1-28-13-10(7-12(9-24-13)16(18,19)20)8-25-14(26)15(27,17(21,22)23)11-5-3-2-4-6-11/h2-7,9,27H,8H2,1H3,(H,25,26)/t15-/m1/s1. The topological polar surface area (TPSA) is 71.5 Å². The van der Waals surface area contributed by atoms with E-state index in [9.17, 15) is 36.2 Å². The third-order valence-electron chi connectivity index (χ3n) is 3.82. The van der Waals surface area contributed by atoms with E-state index in [2.05, 4.69) is 4.98 Å². The number of rotatable bonds is 5. The van der Waals surface area contributed by atoms with Crippen molar-refractivity contribution in [1.82, 2.24) is 10.3 Å². The molecule has 0 saturated carbocycles. The molecule has 1 aromatic heterocycles. The maximum atomic E-state index is 13.4. The van der Waals surface area contributed by atoms with Crippen LogP contribution in [-0.4, -0.2) is 29.3 Å². The molecule has 0 fully saturated rings. The molecule has 0 aliphatic carbocycles. The van der Waals surface area contributed by atoms with Gasteiger partial charge in [0, 0.05) is 23.9 Å². The number of methoxy groups -OCH3 is 1. The average Bonchev–Trinajstić information content (AvgIpc) is 2.64. The van der Waals surface area contributed by atoms with Crippen LogP contribution < -0.4 is 10.1 Å². The summed E-state index contributed by atoms with van der Waals surface area (Å²) in [6, 6.07) is 6.16. The summed E-state index contributed by atoms with van der Waals surface area (Å²) in [5.41, 5.74) is -6.12. The Bertz CT molecular complexity index is 839. The second kappa shape index (κ2) is 7.66. The van der Waals surface area contributed by atoms with Crippen molar-refractivity contribution in [2.75, 3.05) is 7.11 Å². The molecule has 0 aliphatic rings. The number of alkyl halides is 6. The van der Waals surface area contributed by atoms with Gasteiger partial charge >= 0.3 is 12.4 Å². The van der Waals surface area contributed by atoms with E-state index in [1.54, 1.807) is 5.32 Å². The van der Waals surface area contributed by atoms with Gasteiger partial charge in [-0.2, -0.15) is 26.3 Å². The molecule has 0 bridgehead atoms. The van der Waals surface area contributed by atoms with Crippen LogP contribution in [0.5, 0.6) is 5.88 Å². The number of aliphatic hydroxyl groups is 1. The number of hydrogen-bond acceptors (Lipinski definition) is 4. The van der Waals surface area contributed by atoms with Gasteiger partial charge in [-0.3, -0.25) is 4.79 Å². The minimum atomic E-state index is -5.38. The van der Waals surface area contributed by atoms with Crippen molar-refractivity contribution in [3.63, 3.8) is 0 Å². The lowest BCUT2D eigenvalue weighted by atomic mass is 9.92. The normalized spacial score (nSPS) is 14.3. The van der Waals surface area contributed by atoms with Crippen LogP contribution in [0.15, 0.2) is 42.6 Å². The Balaban J connectivity index is 2.34. The van der Waals surface area contributed by atoms with Crippen LogP contribution in [0.1, 0.15) is 16.7 Å². The third kappa shape index (κ3) is 4.19. The smallest absolute Gasteiger partial charge is 0.430 e. The highest BCUT2D eigenvalue weighted by atomic mass is 19.4. The second-order valence-corrected chi connectivity index (χ2v) is 5.65. The molecule has 0 radical (unpaired) electrons. The number of nitrogens with zero attached hydrogens (tertiary/aromatic N) is 1. The first-order valence-corrected chi connectivity index (χ1v) is 7.64. The average molecular weight is 408 g/mol. The van der Waals surface area contributed by atoms with Crippen LogP contribution in [-0.2, 0) is 23.1 Å². The van der Waals surface area contributed by atoms with E-state index in [4.69, 9.17) is 4.74 Å². The zero-order valence-electron chi connectivity index (χ0n) is 14.2. The van der Waals surface area contributed by atoms with Gasteiger partial charge < -0.3 is 15.2 Å². The lowest BCUT2D eigenvalue weighted by Crippen LogP contribution is -2.54. The quantitative estimate of drug-likeness (QED) is 0.746. The molecule has 5 nitrogen and oxygen atoms in total. The van der Waals surface area contributed by atoms with Crippen molar-refractivity contribution in [3.05, 3.63) is 59.3 Å². The van der Waals surface area contributed by atoms with Crippen molar-refractivity contribution in [1.29, 1.82) is 0 Å². The van der Waals surface area contributed by atoms with Crippen molar-refractivity contribution >= 4 is 5.91 Å². The number of benzene rings is 1. The molecular formula is C17H14F6N2O3. The first kappa shape index (κ1) is 21.5. The molecule has 1 amide bonds. The summed E-state index contributed by atoms with van der Waals surface area (Å²) in [6.07, 6.45) is -9.65. The first-order valence-electron chi connectivity index (χ1n) is 7.64. The molecule has 1 heterocycles. The number of carbonyl (C=O) groups is 1. The number of aromatic nitrogens is 1. The Kier molecular flexibility index (Phi) is 5.88. The van der Waals surface area contributed by atoms with E-state index in [0.717, 1.165) is 19.2 Å². The van der Waals surface area contributed by atoms with Gasteiger partial charge in [0.2, 0.25) is 5.88 Å². The number of carbonyl (C=O) groups excluding carboxylic acids is 1. The molecular weight excluding hydrogens is 394 g/mol. The summed E-state index contributed by atoms with van der Waals surface area (Å²) in [5, 5.41) is 11.9. The number of hydrogen-bond donors (Lipinski definition) is 2. The molecule has 2 aromatic rings. The summed E-state index contributed by atoms with van der Waals surface area (Å²) in [4.78, 5) is 15.6. The zero-order valence-corrected chi connectivity index (χ0v) is 14.2. The lowest BCUT2D eigenvalue weighted by Gasteiger charge is -2.29. The maximum absolute atomic E-state index is 13.4. The van der Waals surface area contributed by atoms with Crippen molar-refractivity contribution in [2.24, 2.45) is 0 Å². The van der Waals surface area contributed by atoms with E-state index in [0.29, 0.717) is 12.3 Å². The highest BCUT2D eigenvalue weighted by Crippen LogP contribution is 2.39. The number of pyridine rings is 1. The van der Waals surface area contributed by atoms with E-state index >= 15 is 0 Å². The Labute approximate surface area is 155 Å². The Morgan fingerprint density at radius 2 is 1.71 bits per heavy atom. The van der Waals surface area contributed by atoms with Gasteiger partial charge in [0.1, 0.15) is 0 Å². The van der Waals surface area contributed by atoms with Gasteiger partial charge in [-0.05, 0) is 6.07 Å². The predicted molar refractivity (Wildman–Crippen MR) is 84.0 cm³/mol. The van der Waals surface area contributed by atoms with Gasteiger partial charge in [-0.1, -0.05) is 30.3 Å². The van der Waals surface area contributed by atoms with Crippen LogP contribution >= 0.6 is 0 Å². The fourth-order valence-electron chi connectivity index (χ4n) is 2.37. The van der Waals surface area contributed by atoms with Crippen molar-refractivity contribution in [2.45, 2.75) is 24.5 Å². The molecule has 1 atom stereocenters. The highest BCUT2D eigenvalue weighted by Gasteiger charge is 2.60.